The minimum Gasteiger partial charge on any atom is -0.497 e. The molecule has 0 saturated carbocycles. The fraction of sp³-hybridized carbons (Fsp3) is 0.312. The van der Waals surface area contributed by atoms with Crippen LogP contribution in [0.1, 0.15) is 11.1 Å². The first-order valence-electron chi connectivity index (χ1n) is 7.51. The van der Waals surface area contributed by atoms with Crippen LogP contribution in [-0.2, 0) is 22.9 Å². The zero-order valence-corrected chi connectivity index (χ0v) is 14.9. The summed E-state index contributed by atoms with van der Waals surface area (Å²) in [7, 11) is -0.365. The summed E-state index contributed by atoms with van der Waals surface area (Å²) in [6.45, 7) is 0.731. The SMILES string of the molecule is COc1ccc(CN2Cc3cnc(S(C)(=O)=O)nc3N(C)C2=O)cc1. The van der Waals surface area contributed by atoms with Gasteiger partial charge in [0.2, 0.25) is 15.0 Å². The predicted octanol–water partition coefficient (Wildman–Crippen LogP) is 1.46. The summed E-state index contributed by atoms with van der Waals surface area (Å²) in [5, 5.41) is -0.283. The van der Waals surface area contributed by atoms with Crippen molar-refractivity contribution in [1.82, 2.24) is 14.9 Å². The Balaban J connectivity index is 1.87. The number of hydrogen-bond acceptors (Lipinski definition) is 6. The van der Waals surface area contributed by atoms with Crippen LogP contribution in [0.2, 0.25) is 0 Å². The van der Waals surface area contributed by atoms with Gasteiger partial charge in [-0.15, -0.1) is 0 Å². The summed E-state index contributed by atoms with van der Waals surface area (Å²) < 4.78 is 28.4. The van der Waals surface area contributed by atoms with E-state index in [4.69, 9.17) is 4.74 Å². The van der Waals surface area contributed by atoms with Crippen LogP contribution in [0.15, 0.2) is 35.6 Å². The lowest BCUT2D eigenvalue weighted by molar-refractivity contribution is 0.196. The maximum Gasteiger partial charge on any atom is 0.326 e. The highest BCUT2D eigenvalue weighted by molar-refractivity contribution is 7.90. The van der Waals surface area contributed by atoms with Crippen molar-refractivity contribution in [3.05, 3.63) is 41.6 Å². The fourth-order valence-electron chi connectivity index (χ4n) is 2.61. The first kappa shape index (κ1) is 17.2. The molecule has 0 saturated heterocycles. The van der Waals surface area contributed by atoms with Gasteiger partial charge in [-0.05, 0) is 17.7 Å². The van der Waals surface area contributed by atoms with Gasteiger partial charge in [-0.1, -0.05) is 12.1 Å². The maximum absolute atomic E-state index is 12.6. The van der Waals surface area contributed by atoms with Crippen molar-refractivity contribution in [2.24, 2.45) is 0 Å². The lowest BCUT2D eigenvalue weighted by Gasteiger charge is -2.34. The lowest BCUT2D eigenvalue weighted by atomic mass is 10.1. The van der Waals surface area contributed by atoms with Crippen LogP contribution in [0, 0.1) is 0 Å². The van der Waals surface area contributed by atoms with E-state index < -0.39 is 9.84 Å². The van der Waals surface area contributed by atoms with E-state index >= 15 is 0 Å². The Hall–Kier alpha value is -2.68. The average molecular weight is 362 g/mol. The highest BCUT2D eigenvalue weighted by Crippen LogP contribution is 2.27. The van der Waals surface area contributed by atoms with Gasteiger partial charge in [-0.25, -0.2) is 23.2 Å². The van der Waals surface area contributed by atoms with E-state index in [1.54, 1.807) is 19.1 Å². The molecule has 1 aromatic heterocycles. The van der Waals surface area contributed by atoms with Gasteiger partial charge < -0.3 is 9.64 Å². The topological polar surface area (TPSA) is 92.7 Å². The molecule has 8 nitrogen and oxygen atoms in total. The third-order valence-corrected chi connectivity index (χ3v) is 4.78. The van der Waals surface area contributed by atoms with Gasteiger partial charge in [0.15, 0.2) is 0 Å². The van der Waals surface area contributed by atoms with Crippen molar-refractivity contribution in [2.75, 3.05) is 25.3 Å². The third kappa shape index (κ3) is 3.41. The number of nitrogens with zero attached hydrogens (tertiary/aromatic N) is 4. The van der Waals surface area contributed by atoms with Crippen LogP contribution < -0.4 is 9.64 Å². The number of carbonyl (C=O) groups is 1. The van der Waals surface area contributed by atoms with Gasteiger partial charge in [-0.3, -0.25) is 4.90 Å². The van der Waals surface area contributed by atoms with E-state index in [1.165, 1.54) is 11.1 Å². The molecule has 3 rings (SSSR count). The van der Waals surface area contributed by atoms with E-state index in [0.717, 1.165) is 17.6 Å². The Morgan fingerprint density at radius 1 is 1.24 bits per heavy atom. The monoisotopic (exact) mass is 362 g/mol. The molecular formula is C16H18N4O4S. The number of urea groups is 1. The molecule has 0 atom stereocenters. The minimum absolute atomic E-state index is 0.249. The van der Waals surface area contributed by atoms with Crippen molar-refractivity contribution in [1.29, 1.82) is 0 Å². The van der Waals surface area contributed by atoms with Crippen molar-refractivity contribution < 1.29 is 17.9 Å². The normalized spacial score (nSPS) is 14.4. The number of fused-ring (bicyclic) bond motifs is 1. The number of benzene rings is 1. The van der Waals surface area contributed by atoms with Crippen molar-refractivity contribution >= 4 is 21.7 Å². The molecule has 0 fully saturated rings. The van der Waals surface area contributed by atoms with E-state index in [2.05, 4.69) is 9.97 Å². The maximum atomic E-state index is 12.6. The van der Waals surface area contributed by atoms with Gasteiger partial charge in [0.25, 0.3) is 0 Å². The molecule has 132 valence electrons. The number of carbonyl (C=O) groups excluding carboxylic acids is 1. The fourth-order valence-corrected chi connectivity index (χ4v) is 3.11. The summed E-state index contributed by atoms with van der Waals surface area (Å²) in [4.78, 5) is 23.5. The molecule has 2 aromatic rings. The van der Waals surface area contributed by atoms with Crippen LogP contribution in [0.3, 0.4) is 0 Å². The second kappa shape index (κ2) is 6.32. The molecule has 9 heteroatoms. The highest BCUT2D eigenvalue weighted by Gasteiger charge is 2.30. The minimum atomic E-state index is -3.53. The summed E-state index contributed by atoms with van der Waals surface area (Å²) in [6, 6.07) is 7.21. The number of methoxy groups -OCH3 is 1. The summed E-state index contributed by atoms with van der Waals surface area (Å²) in [5.74, 6) is 1.07. The Kier molecular flexibility index (Phi) is 4.34. The van der Waals surface area contributed by atoms with Crippen molar-refractivity contribution in [3.63, 3.8) is 0 Å². The molecular weight excluding hydrogens is 344 g/mol. The van der Waals surface area contributed by atoms with E-state index in [-0.39, 0.29) is 11.2 Å². The largest absolute Gasteiger partial charge is 0.497 e. The number of sulfone groups is 1. The molecule has 0 radical (unpaired) electrons. The number of aromatic nitrogens is 2. The zero-order valence-electron chi connectivity index (χ0n) is 14.1. The smallest absolute Gasteiger partial charge is 0.326 e. The molecule has 25 heavy (non-hydrogen) atoms. The molecule has 1 aliphatic rings. The Morgan fingerprint density at radius 3 is 2.52 bits per heavy atom. The molecule has 1 aromatic carbocycles. The summed E-state index contributed by atoms with van der Waals surface area (Å²) >= 11 is 0. The number of anilines is 1. The molecule has 1 aliphatic heterocycles. The lowest BCUT2D eigenvalue weighted by Crippen LogP contribution is -2.45. The first-order chi connectivity index (χ1) is 11.8. The highest BCUT2D eigenvalue weighted by atomic mass is 32.2. The molecule has 0 unspecified atom stereocenters. The van der Waals surface area contributed by atoms with E-state index in [9.17, 15) is 13.2 Å². The molecule has 2 amide bonds. The van der Waals surface area contributed by atoms with E-state index in [0.29, 0.717) is 24.5 Å². The Morgan fingerprint density at radius 2 is 1.92 bits per heavy atom. The number of hydrogen-bond donors (Lipinski definition) is 0. The van der Waals surface area contributed by atoms with Crippen molar-refractivity contribution in [2.45, 2.75) is 18.2 Å². The molecule has 0 aliphatic carbocycles. The van der Waals surface area contributed by atoms with Crippen LogP contribution in [0.25, 0.3) is 0 Å². The second-order valence-corrected chi connectivity index (χ2v) is 7.73. The van der Waals surface area contributed by atoms with Gasteiger partial charge in [0, 0.05) is 31.6 Å². The average Bonchev–Trinajstić information content (AvgIpc) is 2.59. The second-order valence-electron chi connectivity index (χ2n) is 5.82. The summed E-state index contributed by atoms with van der Waals surface area (Å²) in [5.41, 5.74) is 1.66. The third-order valence-electron chi connectivity index (χ3n) is 3.92. The number of ether oxygens (including phenoxy) is 1. The van der Waals surface area contributed by atoms with Crippen molar-refractivity contribution in [3.8, 4) is 5.75 Å². The van der Waals surface area contributed by atoms with Gasteiger partial charge in [0.05, 0.1) is 13.7 Å². The van der Waals surface area contributed by atoms with Crippen LogP contribution in [0.5, 0.6) is 5.75 Å². The number of amides is 2. The molecule has 0 bridgehead atoms. The first-order valence-corrected chi connectivity index (χ1v) is 9.40. The van der Waals surface area contributed by atoms with Crippen LogP contribution in [0.4, 0.5) is 10.6 Å². The van der Waals surface area contributed by atoms with Gasteiger partial charge >= 0.3 is 6.03 Å². The zero-order chi connectivity index (χ0) is 18.2. The predicted molar refractivity (Wildman–Crippen MR) is 91.2 cm³/mol. The summed E-state index contributed by atoms with van der Waals surface area (Å²) in [6.07, 6.45) is 2.50. The van der Waals surface area contributed by atoms with Gasteiger partial charge in [0.1, 0.15) is 11.6 Å². The van der Waals surface area contributed by atoms with Crippen LogP contribution >= 0.6 is 0 Å². The number of rotatable bonds is 4. The Labute approximate surface area is 146 Å². The molecule has 0 spiro atoms. The van der Waals surface area contributed by atoms with Gasteiger partial charge in [-0.2, -0.15) is 0 Å². The quantitative estimate of drug-likeness (QED) is 0.765. The van der Waals surface area contributed by atoms with Crippen LogP contribution in [-0.4, -0.2) is 49.7 Å². The molecule has 2 heterocycles. The molecule has 0 N–H and O–H groups in total. The van der Waals surface area contributed by atoms with E-state index in [1.807, 2.05) is 24.3 Å². The standard InChI is InChI=1S/C16H18N4O4S/c1-19-14-12(8-17-15(18-14)25(3,22)23)10-20(16(19)21)9-11-4-6-13(24-2)7-5-11/h4-8H,9-10H2,1-3H3. The Bertz CT molecular complexity index is 912.